The monoisotopic (exact) mass is 294 g/mol. The molecular weight excluding hydrogens is 280 g/mol. The van der Waals surface area contributed by atoms with Gasteiger partial charge in [0.05, 0.1) is 6.61 Å². The number of amides is 2. The first-order valence-electron chi connectivity index (χ1n) is 6.27. The standard InChI is InChI=1S/C13H14N2O6/c16-9-5-8(7-1-2-10(17)21-4-3-7)6-14-11(13(19)20)12(18)15-9/h1-3,8,10,17H,4-6H2,(H,19,20)(H,15,16,18)/t8-,10?/m1/s1. The van der Waals surface area contributed by atoms with E-state index in [-0.39, 0.29) is 19.6 Å². The van der Waals surface area contributed by atoms with Crippen molar-refractivity contribution in [1.29, 1.82) is 0 Å². The predicted molar refractivity (Wildman–Crippen MR) is 70.4 cm³/mol. The normalized spacial score (nSPS) is 26.9. The van der Waals surface area contributed by atoms with Crippen molar-refractivity contribution in [2.24, 2.45) is 10.9 Å². The molecule has 2 amide bonds. The summed E-state index contributed by atoms with van der Waals surface area (Å²) in [6.45, 7) is 0.156. The second kappa shape index (κ2) is 6.42. The third kappa shape index (κ3) is 3.83. The summed E-state index contributed by atoms with van der Waals surface area (Å²) < 4.78 is 4.99. The van der Waals surface area contributed by atoms with Crippen molar-refractivity contribution in [1.82, 2.24) is 5.32 Å². The Balaban J connectivity index is 2.25. The van der Waals surface area contributed by atoms with Gasteiger partial charge in [-0.25, -0.2) is 4.79 Å². The molecule has 0 spiro atoms. The van der Waals surface area contributed by atoms with Gasteiger partial charge in [0.1, 0.15) is 0 Å². The Hall–Kier alpha value is -2.32. The van der Waals surface area contributed by atoms with Crippen molar-refractivity contribution in [3.8, 4) is 0 Å². The molecule has 0 saturated heterocycles. The molecule has 3 N–H and O–H groups in total. The van der Waals surface area contributed by atoms with Crippen LogP contribution in [0.4, 0.5) is 0 Å². The van der Waals surface area contributed by atoms with E-state index >= 15 is 0 Å². The first-order valence-corrected chi connectivity index (χ1v) is 6.27. The van der Waals surface area contributed by atoms with Crippen molar-refractivity contribution in [3.05, 3.63) is 23.8 Å². The van der Waals surface area contributed by atoms with E-state index in [1.807, 2.05) is 5.32 Å². The molecule has 8 heteroatoms. The number of carbonyl (C=O) groups excluding carboxylic acids is 2. The van der Waals surface area contributed by atoms with Crippen LogP contribution in [-0.4, -0.2) is 53.2 Å². The fourth-order valence-corrected chi connectivity index (χ4v) is 2.05. The lowest BCUT2D eigenvalue weighted by molar-refractivity contribution is -0.131. The van der Waals surface area contributed by atoms with Gasteiger partial charge in [-0.1, -0.05) is 12.2 Å². The van der Waals surface area contributed by atoms with Crippen LogP contribution in [0.3, 0.4) is 0 Å². The molecule has 2 aliphatic heterocycles. The molecule has 0 radical (unpaired) electrons. The summed E-state index contributed by atoms with van der Waals surface area (Å²) in [6, 6.07) is 0. The van der Waals surface area contributed by atoms with Gasteiger partial charge in [0.2, 0.25) is 11.6 Å². The maximum atomic E-state index is 11.7. The minimum atomic E-state index is -1.48. The second-order valence-electron chi connectivity index (χ2n) is 4.56. The zero-order valence-electron chi connectivity index (χ0n) is 11.0. The molecule has 0 fully saturated rings. The van der Waals surface area contributed by atoms with Crippen LogP contribution in [0.15, 0.2) is 28.8 Å². The summed E-state index contributed by atoms with van der Waals surface area (Å²) in [5, 5.41) is 20.2. The highest BCUT2D eigenvalue weighted by molar-refractivity contribution is 6.64. The van der Waals surface area contributed by atoms with E-state index in [4.69, 9.17) is 9.84 Å². The second-order valence-corrected chi connectivity index (χ2v) is 4.56. The maximum absolute atomic E-state index is 11.7. The average molecular weight is 294 g/mol. The van der Waals surface area contributed by atoms with Crippen molar-refractivity contribution in [2.75, 3.05) is 13.2 Å². The molecule has 0 aromatic carbocycles. The number of imide groups is 1. The van der Waals surface area contributed by atoms with Gasteiger partial charge < -0.3 is 14.9 Å². The number of aliphatic imine (C=N–C) groups is 1. The number of aliphatic hydroxyl groups excluding tert-OH is 1. The maximum Gasteiger partial charge on any atom is 0.359 e. The number of hydrogen-bond donors (Lipinski definition) is 3. The molecule has 0 aromatic heterocycles. The van der Waals surface area contributed by atoms with Crippen LogP contribution >= 0.6 is 0 Å². The zero-order chi connectivity index (χ0) is 15.4. The Bertz CT molecular complexity index is 563. The summed E-state index contributed by atoms with van der Waals surface area (Å²) in [5.74, 6) is -3.45. The van der Waals surface area contributed by atoms with Gasteiger partial charge >= 0.3 is 5.97 Å². The highest BCUT2D eigenvalue weighted by Gasteiger charge is 2.27. The first-order chi connectivity index (χ1) is 9.97. The number of nitrogens with one attached hydrogen (secondary N) is 1. The van der Waals surface area contributed by atoms with Gasteiger partial charge in [-0.2, -0.15) is 0 Å². The number of allylic oxidation sites excluding steroid dienone is 1. The van der Waals surface area contributed by atoms with Crippen LogP contribution in [0.1, 0.15) is 6.42 Å². The minimum Gasteiger partial charge on any atom is -0.476 e. The summed E-state index contributed by atoms with van der Waals surface area (Å²) in [7, 11) is 0. The molecule has 8 nitrogen and oxygen atoms in total. The lowest BCUT2D eigenvalue weighted by Crippen LogP contribution is -2.42. The van der Waals surface area contributed by atoms with Gasteiger partial charge in [-0.15, -0.1) is 0 Å². The Labute approximate surface area is 119 Å². The van der Waals surface area contributed by atoms with E-state index in [0.717, 1.165) is 0 Å². The first kappa shape index (κ1) is 15.1. The van der Waals surface area contributed by atoms with Crippen LogP contribution in [0.25, 0.3) is 0 Å². The van der Waals surface area contributed by atoms with Crippen LogP contribution < -0.4 is 5.32 Å². The zero-order valence-corrected chi connectivity index (χ0v) is 11.0. The molecule has 2 atom stereocenters. The van der Waals surface area contributed by atoms with Gasteiger partial charge in [0, 0.05) is 18.9 Å². The summed E-state index contributed by atoms with van der Waals surface area (Å²) in [6.07, 6.45) is 3.68. The van der Waals surface area contributed by atoms with E-state index in [1.54, 1.807) is 12.2 Å². The van der Waals surface area contributed by atoms with E-state index < -0.39 is 35.7 Å². The molecular formula is C13H14N2O6. The van der Waals surface area contributed by atoms with E-state index in [2.05, 4.69) is 4.99 Å². The molecule has 0 bridgehead atoms. The third-order valence-electron chi connectivity index (χ3n) is 3.08. The van der Waals surface area contributed by atoms with Crippen molar-refractivity contribution in [2.45, 2.75) is 12.7 Å². The third-order valence-corrected chi connectivity index (χ3v) is 3.08. The number of hydrogen-bond acceptors (Lipinski definition) is 6. The van der Waals surface area contributed by atoms with Crippen molar-refractivity contribution < 1.29 is 29.3 Å². The number of nitrogens with zero attached hydrogens (tertiary/aromatic N) is 1. The number of aliphatic hydroxyl groups is 1. The molecule has 0 aromatic rings. The lowest BCUT2D eigenvalue weighted by Gasteiger charge is -2.18. The van der Waals surface area contributed by atoms with Crippen LogP contribution in [0, 0.1) is 5.92 Å². The van der Waals surface area contributed by atoms with E-state index in [0.29, 0.717) is 5.57 Å². The van der Waals surface area contributed by atoms with Crippen molar-refractivity contribution >= 4 is 23.5 Å². The average Bonchev–Trinajstić information content (AvgIpc) is 2.60. The topological polar surface area (TPSA) is 125 Å². The number of ether oxygens (including phenoxy) is 1. The van der Waals surface area contributed by atoms with E-state index in [1.165, 1.54) is 6.08 Å². The highest BCUT2D eigenvalue weighted by Crippen LogP contribution is 2.21. The van der Waals surface area contributed by atoms with Gasteiger partial charge in [-0.3, -0.25) is 19.9 Å². The predicted octanol–water partition coefficient (Wildman–Crippen LogP) is -0.994. The fourth-order valence-electron chi connectivity index (χ4n) is 2.05. The molecule has 21 heavy (non-hydrogen) atoms. The van der Waals surface area contributed by atoms with Gasteiger partial charge in [0.25, 0.3) is 5.91 Å². The van der Waals surface area contributed by atoms with Gasteiger partial charge in [-0.05, 0) is 11.6 Å². The van der Waals surface area contributed by atoms with Crippen LogP contribution in [-0.2, 0) is 19.1 Å². The molecule has 2 heterocycles. The molecule has 1 unspecified atom stereocenters. The number of carboxylic acid groups (broad SMARTS) is 1. The Morgan fingerprint density at radius 3 is 2.90 bits per heavy atom. The highest BCUT2D eigenvalue weighted by atomic mass is 16.6. The Kier molecular flexibility index (Phi) is 4.61. The van der Waals surface area contributed by atoms with E-state index in [9.17, 15) is 19.5 Å². The Morgan fingerprint density at radius 1 is 1.43 bits per heavy atom. The summed E-state index contributed by atoms with van der Waals surface area (Å²) >= 11 is 0. The molecule has 112 valence electrons. The quantitative estimate of drug-likeness (QED) is 0.561. The molecule has 2 aliphatic rings. The minimum absolute atomic E-state index is 0.00555. The fraction of sp³-hybridized carbons (Fsp3) is 0.385. The van der Waals surface area contributed by atoms with Crippen LogP contribution in [0.2, 0.25) is 0 Å². The lowest BCUT2D eigenvalue weighted by atomic mass is 9.93. The smallest absolute Gasteiger partial charge is 0.359 e. The van der Waals surface area contributed by atoms with Crippen LogP contribution in [0.5, 0.6) is 0 Å². The summed E-state index contributed by atoms with van der Waals surface area (Å²) in [4.78, 5) is 37.9. The number of carbonyl (C=O) groups is 3. The number of rotatable bonds is 2. The number of aliphatic carboxylic acids is 1. The molecule has 0 aliphatic carbocycles. The largest absolute Gasteiger partial charge is 0.476 e. The SMILES string of the molecule is O=C1C[C@@H](C2=CCOC(O)C=C2)CN=C(C(=O)O)C(=O)N1. The van der Waals surface area contributed by atoms with Gasteiger partial charge in [0.15, 0.2) is 6.29 Å². The molecule has 2 rings (SSSR count). The molecule has 0 saturated carbocycles. The number of carboxylic acids is 1. The summed E-state index contributed by atoms with van der Waals surface area (Å²) in [5.41, 5.74) is 0.00655. The van der Waals surface area contributed by atoms with Crippen molar-refractivity contribution in [3.63, 3.8) is 0 Å². The Morgan fingerprint density at radius 2 is 2.19 bits per heavy atom.